The van der Waals surface area contributed by atoms with Crippen molar-refractivity contribution in [2.24, 2.45) is 0 Å². The van der Waals surface area contributed by atoms with E-state index in [1.165, 1.54) is 19.8 Å². The molecule has 0 aromatic carbocycles. The van der Waals surface area contributed by atoms with Gasteiger partial charge in [-0.15, -0.1) is 11.3 Å². The predicted molar refractivity (Wildman–Crippen MR) is 81.2 cm³/mol. The van der Waals surface area contributed by atoms with Crippen molar-refractivity contribution in [3.05, 3.63) is 42.7 Å². The van der Waals surface area contributed by atoms with Gasteiger partial charge in [0.05, 0.1) is 3.79 Å². The summed E-state index contributed by atoms with van der Waals surface area (Å²) in [6, 6.07) is 4.78. The highest BCUT2D eigenvalue weighted by Crippen LogP contribution is 2.29. The lowest BCUT2D eigenvalue weighted by Crippen LogP contribution is -2.22. The maximum atomic E-state index is 3.58. The van der Waals surface area contributed by atoms with Gasteiger partial charge in [-0.25, -0.2) is 0 Å². The number of rotatable bonds is 5. The molecule has 2 aromatic rings. The summed E-state index contributed by atoms with van der Waals surface area (Å²) in [5, 5.41) is 8.08. The number of nitrogens with one attached hydrogen (secondary N) is 1. The van der Waals surface area contributed by atoms with E-state index in [1.807, 2.05) is 11.3 Å². The fourth-order valence-electron chi connectivity index (χ4n) is 1.93. The van der Waals surface area contributed by atoms with Gasteiger partial charge in [-0.3, -0.25) is 0 Å². The van der Waals surface area contributed by atoms with Gasteiger partial charge in [0, 0.05) is 17.3 Å². The van der Waals surface area contributed by atoms with Crippen LogP contribution in [0.1, 0.15) is 29.0 Å². The van der Waals surface area contributed by atoms with Crippen LogP contribution in [-0.2, 0) is 6.42 Å². The standard InChI is InChI=1S/C13H16BrNS2/c1-3-15-12(11-8-16-7-9(11)2)6-10-4-5-13(14)17-10/h4-5,7-8,12,15H,3,6H2,1-2H3. The highest BCUT2D eigenvalue weighted by Gasteiger charge is 2.15. The molecule has 0 saturated heterocycles. The Labute approximate surface area is 119 Å². The summed E-state index contributed by atoms with van der Waals surface area (Å²) in [4.78, 5) is 1.42. The molecule has 2 heterocycles. The Hall–Kier alpha value is -0.160. The van der Waals surface area contributed by atoms with Crippen LogP contribution < -0.4 is 5.32 Å². The van der Waals surface area contributed by atoms with Crippen LogP contribution in [0.5, 0.6) is 0 Å². The second-order valence-corrected chi connectivity index (χ2v) is 7.32. The van der Waals surface area contributed by atoms with Crippen LogP contribution in [0.15, 0.2) is 26.7 Å². The van der Waals surface area contributed by atoms with E-state index < -0.39 is 0 Å². The molecule has 0 aliphatic heterocycles. The molecule has 1 nitrogen and oxygen atoms in total. The third-order valence-corrected chi connectivity index (χ3v) is 5.28. The Morgan fingerprint density at radius 1 is 1.35 bits per heavy atom. The number of hydrogen-bond donors (Lipinski definition) is 1. The third-order valence-electron chi connectivity index (χ3n) is 2.76. The summed E-state index contributed by atoms with van der Waals surface area (Å²) in [6.45, 7) is 5.37. The van der Waals surface area contributed by atoms with Gasteiger partial charge in [0.25, 0.3) is 0 Å². The van der Waals surface area contributed by atoms with Crippen molar-refractivity contribution in [1.82, 2.24) is 5.32 Å². The van der Waals surface area contributed by atoms with Crippen molar-refractivity contribution < 1.29 is 0 Å². The second kappa shape index (κ2) is 6.14. The van der Waals surface area contributed by atoms with E-state index in [0.717, 1.165) is 13.0 Å². The number of aryl methyl sites for hydroxylation is 1. The molecule has 0 aliphatic carbocycles. The Bertz CT molecular complexity index is 475. The summed E-state index contributed by atoms with van der Waals surface area (Å²) >= 11 is 7.14. The summed E-state index contributed by atoms with van der Waals surface area (Å²) in [5.74, 6) is 0. The van der Waals surface area contributed by atoms with Gasteiger partial charge in [-0.2, -0.15) is 11.3 Å². The summed E-state index contributed by atoms with van der Waals surface area (Å²) < 4.78 is 1.21. The lowest BCUT2D eigenvalue weighted by Gasteiger charge is -2.17. The molecule has 17 heavy (non-hydrogen) atoms. The summed E-state index contributed by atoms with van der Waals surface area (Å²) in [7, 11) is 0. The van der Waals surface area contributed by atoms with Crippen molar-refractivity contribution in [2.45, 2.75) is 26.3 Å². The second-order valence-electron chi connectivity index (χ2n) is 4.03. The van der Waals surface area contributed by atoms with E-state index >= 15 is 0 Å². The molecule has 0 fully saturated rings. The zero-order chi connectivity index (χ0) is 12.3. The van der Waals surface area contributed by atoms with Crippen molar-refractivity contribution in [3.63, 3.8) is 0 Å². The minimum atomic E-state index is 0.441. The van der Waals surface area contributed by atoms with E-state index in [9.17, 15) is 0 Å². The first-order valence-corrected chi connectivity index (χ1v) is 8.26. The predicted octanol–water partition coefficient (Wildman–Crippen LogP) is 4.77. The normalized spacial score (nSPS) is 12.9. The van der Waals surface area contributed by atoms with E-state index in [1.54, 1.807) is 11.3 Å². The zero-order valence-corrected chi connectivity index (χ0v) is 13.2. The maximum absolute atomic E-state index is 3.58. The Morgan fingerprint density at radius 2 is 2.18 bits per heavy atom. The van der Waals surface area contributed by atoms with Crippen LogP contribution in [0.4, 0.5) is 0 Å². The molecule has 92 valence electrons. The third kappa shape index (κ3) is 3.41. The quantitative estimate of drug-likeness (QED) is 0.832. The minimum Gasteiger partial charge on any atom is -0.310 e. The fourth-order valence-corrected chi connectivity index (χ4v) is 4.36. The molecule has 2 rings (SSSR count). The lowest BCUT2D eigenvalue weighted by molar-refractivity contribution is 0.552. The molecule has 0 saturated carbocycles. The topological polar surface area (TPSA) is 12.0 Å². The number of likely N-dealkylation sites (N-methyl/N-ethyl adjacent to an activating group) is 1. The average Bonchev–Trinajstić information content (AvgIpc) is 2.87. The first-order valence-electron chi connectivity index (χ1n) is 5.71. The van der Waals surface area contributed by atoms with Gasteiger partial charge in [0.15, 0.2) is 0 Å². The molecule has 0 spiro atoms. The molecule has 1 N–H and O–H groups in total. The molecule has 0 bridgehead atoms. The van der Waals surface area contributed by atoms with Gasteiger partial charge in [-0.1, -0.05) is 6.92 Å². The maximum Gasteiger partial charge on any atom is 0.0701 e. The van der Waals surface area contributed by atoms with E-state index in [-0.39, 0.29) is 0 Å². The summed E-state index contributed by atoms with van der Waals surface area (Å²) in [5.41, 5.74) is 2.85. The van der Waals surface area contributed by atoms with Crippen molar-refractivity contribution in [3.8, 4) is 0 Å². The minimum absolute atomic E-state index is 0.441. The van der Waals surface area contributed by atoms with E-state index in [2.05, 4.69) is 58.0 Å². The van der Waals surface area contributed by atoms with Gasteiger partial charge < -0.3 is 5.32 Å². The molecule has 0 radical (unpaired) electrons. The lowest BCUT2D eigenvalue weighted by atomic mass is 10.0. The van der Waals surface area contributed by atoms with Crippen LogP contribution in [0.2, 0.25) is 0 Å². The Kier molecular flexibility index (Phi) is 4.79. The smallest absolute Gasteiger partial charge is 0.0701 e. The van der Waals surface area contributed by atoms with Gasteiger partial charge in [0.2, 0.25) is 0 Å². The van der Waals surface area contributed by atoms with Crippen LogP contribution in [-0.4, -0.2) is 6.54 Å². The number of halogens is 1. The van der Waals surface area contributed by atoms with Crippen LogP contribution >= 0.6 is 38.6 Å². The van der Waals surface area contributed by atoms with Crippen LogP contribution in [0.25, 0.3) is 0 Å². The fraction of sp³-hybridized carbons (Fsp3) is 0.385. The van der Waals surface area contributed by atoms with Gasteiger partial charge in [-0.05, 0) is 63.4 Å². The van der Waals surface area contributed by atoms with E-state index in [4.69, 9.17) is 0 Å². The highest BCUT2D eigenvalue weighted by molar-refractivity contribution is 9.11. The monoisotopic (exact) mass is 329 g/mol. The average molecular weight is 330 g/mol. The first kappa shape index (κ1) is 13.3. The molecule has 2 aromatic heterocycles. The molecule has 1 unspecified atom stereocenters. The number of thiophene rings is 2. The largest absolute Gasteiger partial charge is 0.310 e. The van der Waals surface area contributed by atoms with Gasteiger partial charge in [0.1, 0.15) is 0 Å². The van der Waals surface area contributed by atoms with Gasteiger partial charge >= 0.3 is 0 Å². The van der Waals surface area contributed by atoms with Crippen molar-refractivity contribution >= 4 is 38.6 Å². The van der Waals surface area contributed by atoms with E-state index in [0.29, 0.717) is 6.04 Å². The van der Waals surface area contributed by atoms with Crippen molar-refractivity contribution in [2.75, 3.05) is 6.54 Å². The zero-order valence-electron chi connectivity index (χ0n) is 10.00. The Morgan fingerprint density at radius 3 is 2.71 bits per heavy atom. The van der Waals surface area contributed by atoms with Crippen LogP contribution in [0, 0.1) is 6.92 Å². The first-order chi connectivity index (χ1) is 8.20. The SMILES string of the molecule is CCNC(Cc1ccc(Br)s1)c1cscc1C. The molecule has 1 atom stereocenters. The number of hydrogen-bond acceptors (Lipinski definition) is 3. The Balaban J connectivity index is 2.15. The van der Waals surface area contributed by atoms with Crippen LogP contribution in [0.3, 0.4) is 0 Å². The molecular weight excluding hydrogens is 314 g/mol. The molecule has 0 aliphatic rings. The molecular formula is C13H16BrNS2. The van der Waals surface area contributed by atoms with Crippen molar-refractivity contribution in [1.29, 1.82) is 0 Å². The molecule has 0 amide bonds. The molecule has 4 heteroatoms. The highest BCUT2D eigenvalue weighted by atomic mass is 79.9. The summed E-state index contributed by atoms with van der Waals surface area (Å²) in [6.07, 6.45) is 1.07.